The third-order valence-electron chi connectivity index (χ3n) is 3.89. The topological polar surface area (TPSA) is 55.8 Å². The quantitative estimate of drug-likeness (QED) is 0.672. The molecule has 0 radical (unpaired) electrons. The monoisotopic (exact) mass is 407 g/mol. The number of thioether (sulfide) groups is 1. The summed E-state index contributed by atoms with van der Waals surface area (Å²) in [4.78, 5) is 26.4. The molecule has 0 aliphatic carbocycles. The SMILES string of the molecule is O=C1SC(=Cc2ccc3c(c2)OCO3)C(=O)N1Cc1ccc(Cl)c(Cl)c1. The molecule has 0 aromatic heterocycles. The molecule has 0 unspecified atom stereocenters. The number of hydrogen-bond acceptors (Lipinski definition) is 5. The first-order valence-electron chi connectivity index (χ1n) is 7.60. The summed E-state index contributed by atoms with van der Waals surface area (Å²) in [5.41, 5.74) is 1.49. The van der Waals surface area contributed by atoms with E-state index in [1.54, 1.807) is 42.5 Å². The van der Waals surface area contributed by atoms with Crippen LogP contribution in [0.4, 0.5) is 4.79 Å². The van der Waals surface area contributed by atoms with Crippen LogP contribution in [0.1, 0.15) is 11.1 Å². The highest BCUT2D eigenvalue weighted by molar-refractivity contribution is 8.18. The van der Waals surface area contributed by atoms with E-state index >= 15 is 0 Å². The highest BCUT2D eigenvalue weighted by atomic mass is 35.5. The van der Waals surface area contributed by atoms with Gasteiger partial charge in [-0.2, -0.15) is 0 Å². The molecule has 1 fully saturated rings. The summed E-state index contributed by atoms with van der Waals surface area (Å²) in [5, 5.41) is 0.479. The first-order chi connectivity index (χ1) is 12.5. The smallest absolute Gasteiger partial charge is 0.293 e. The minimum Gasteiger partial charge on any atom is -0.454 e. The van der Waals surface area contributed by atoms with E-state index in [9.17, 15) is 9.59 Å². The van der Waals surface area contributed by atoms with Crippen molar-refractivity contribution in [3.8, 4) is 11.5 Å². The van der Waals surface area contributed by atoms with Gasteiger partial charge in [-0.05, 0) is 53.2 Å². The number of carbonyl (C=O) groups excluding carboxylic acids is 2. The second-order valence-corrected chi connectivity index (χ2v) is 7.44. The molecule has 0 saturated carbocycles. The van der Waals surface area contributed by atoms with Crippen LogP contribution in [0.15, 0.2) is 41.3 Å². The molecule has 0 atom stereocenters. The molecule has 2 aliphatic heterocycles. The lowest BCUT2D eigenvalue weighted by Crippen LogP contribution is -2.27. The van der Waals surface area contributed by atoms with Gasteiger partial charge < -0.3 is 9.47 Å². The molecular formula is C18H11Cl2NO4S. The summed E-state index contributed by atoms with van der Waals surface area (Å²) in [7, 11) is 0. The Hall–Kier alpha value is -2.15. The molecule has 1 saturated heterocycles. The van der Waals surface area contributed by atoms with Gasteiger partial charge in [-0.3, -0.25) is 14.5 Å². The van der Waals surface area contributed by atoms with Crippen molar-refractivity contribution in [2.75, 3.05) is 6.79 Å². The van der Waals surface area contributed by atoms with Gasteiger partial charge in [0.25, 0.3) is 11.1 Å². The van der Waals surface area contributed by atoms with Gasteiger partial charge in [0.2, 0.25) is 6.79 Å². The number of imide groups is 1. The standard InChI is InChI=1S/C18H11Cl2NO4S/c19-12-3-1-11(5-13(12)20)8-21-17(22)16(26-18(21)23)7-10-2-4-14-15(6-10)25-9-24-14/h1-7H,8-9H2. The molecule has 2 amide bonds. The van der Waals surface area contributed by atoms with E-state index in [0.29, 0.717) is 26.4 Å². The number of ether oxygens (including phenoxy) is 2. The number of benzene rings is 2. The first kappa shape index (κ1) is 17.3. The van der Waals surface area contributed by atoms with Gasteiger partial charge in [0.15, 0.2) is 11.5 Å². The van der Waals surface area contributed by atoms with E-state index in [-0.39, 0.29) is 24.5 Å². The van der Waals surface area contributed by atoms with E-state index in [0.717, 1.165) is 22.9 Å². The Kier molecular flexibility index (Phi) is 4.56. The molecule has 0 bridgehead atoms. The zero-order valence-electron chi connectivity index (χ0n) is 13.2. The molecular weight excluding hydrogens is 397 g/mol. The van der Waals surface area contributed by atoms with Crippen molar-refractivity contribution in [1.82, 2.24) is 4.90 Å². The molecule has 26 heavy (non-hydrogen) atoms. The number of amides is 2. The molecule has 2 aliphatic rings. The lowest BCUT2D eigenvalue weighted by molar-refractivity contribution is -0.123. The van der Waals surface area contributed by atoms with Crippen LogP contribution < -0.4 is 9.47 Å². The van der Waals surface area contributed by atoms with Gasteiger partial charge in [-0.25, -0.2) is 0 Å². The highest BCUT2D eigenvalue weighted by Crippen LogP contribution is 2.37. The zero-order chi connectivity index (χ0) is 18.3. The maximum Gasteiger partial charge on any atom is 0.293 e. The third kappa shape index (κ3) is 3.28. The normalized spacial score (nSPS) is 17.5. The van der Waals surface area contributed by atoms with Crippen molar-refractivity contribution in [3.05, 3.63) is 62.5 Å². The Morgan fingerprint density at radius 2 is 1.85 bits per heavy atom. The minimum atomic E-state index is -0.344. The van der Waals surface area contributed by atoms with Crippen LogP contribution >= 0.6 is 35.0 Å². The fourth-order valence-electron chi connectivity index (χ4n) is 2.61. The minimum absolute atomic E-state index is 0.139. The molecule has 4 rings (SSSR count). The Morgan fingerprint density at radius 1 is 1.04 bits per heavy atom. The second-order valence-electron chi connectivity index (χ2n) is 5.63. The Bertz CT molecular complexity index is 960. The van der Waals surface area contributed by atoms with E-state index in [1.807, 2.05) is 0 Å². The van der Waals surface area contributed by atoms with Crippen molar-refractivity contribution in [2.45, 2.75) is 6.54 Å². The summed E-state index contributed by atoms with van der Waals surface area (Å²) >= 11 is 12.8. The largest absolute Gasteiger partial charge is 0.454 e. The lowest BCUT2D eigenvalue weighted by atomic mass is 10.2. The van der Waals surface area contributed by atoms with E-state index in [4.69, 9.17) is 32.7 Å². The molecule has 5 nitrogen and oxygen atoms in total. The number of nitrogens with zero attached hydrogens (tertiary/aromatic N) is 1. The predicted octanol–water partition coefficient (Wildman–Crippen LogP) is 4.96. The fourth-order valence-corrected chi connectivity index (χ4v) is 3.77. The van der Waals surface area contributed by atoms with Crippen LogP contribution in [-0.2, 0) is 11.3 Å². The van der Waals surface area contributed by atoms with Gasteiger partial charge in [0.05, 0.1) is 21.5 Å². The van der Waals surface area contributed by atoms with Crippen LogP contribution in [-0.4, -0.2) is 22.8 Å². The van der Waals surface area contributed by atoms with Gasteiger partial charge >= 0.3 is 0 Å². The van der Waals surface area contributed by atoms with Crippen LogP contribution in [0.25, 0.3) is 6.08 Å². The number of rotatable bonds is 3. The predicted molar refractivity (Wildman–Crippen MR) is 101 cm³/mol. The average Bonchev–Trinajstić information content (AvgIpc) is 3.18. The van der Waals surface area contributed by atoms with Gasteiger partial charge in [-0.1, -0.05) is 35.3 Å². The zero-order valence-corrected chi connectivity index (χ0v) is 15.5. The number of hydrogen-bond donors (Lipinski definition) is 0. The van der Waals surface area contributed by atoms with Crippen LogP contribution in [0.3, 0.4) is 0 Å². The Labute approximate surface area is 163 Å². The summed E-state index contributed by atoms with van der Waals surface area (Å²) in [6.07, 6.45) is 1.67. The van der Waals surface area contributed by atoms with Crippen molar-refractivity contribution in [1.29, 1.82) is 0 Å². The molecule has 2 aromatic rings. The molecule has 2 aromatic carbocycles. The number of carbonyl (C=O) groups is 2. The summed E-state index contributed by atoms with van der Waals surface area (Å²) in [5.74, 6) is 0.937. The summed E-state index contributed by atoms with van der Waals surface area (Å²) < 4.78 is 10.6. The fraction of sp³-hybridized carbons (Fsp3) is 0.111. The first-order valence-corrected chi connectivity index (χ1v) is 9.17. The third-order valence-corrected chi connectivity index (χ3v) is 5.54. The van der Waals surface area contributed by atoms with Crippen LogP contribution in [0.2, 0.25) is 10.0 Å². The van der Waals surface area contributed by atoms with Gasteiger partial charge in [-0.15, -0.1) is 0 Å². The number of fused-ring (bicyclic) bond motifs is 1. The molecule has 8 heteroatoms. The van der Waals surface area contributed by atoms with Gasteiger partial charge in [0.1, 0.15) is 0 Å². The molecule has 2 heterocycles. The highest BCUT2D eigenvalue weighted by Gasteiger charge is 2.35. The Balaban J connectivity index is 1.55. The summed E-state index contributed by atoms with van der Waals surface area (Å²) in [6.45, 7) is 0.318. The maximum atomic E-state index is 12.6. The average molecular weight is 408 g/mol. The van der Waals surface area contributed by atoms with E-state index < -0.39 is 0 Å². The van der Waals surface area contributed by atoms with Crippen LogP contribution in [0, 0.1) is 0 Å². The summed E-state index contributed by atoms with van der Waals surface area (Å²) in [6, 6.07) is 10.4. The second kappa shape index (κ2) is 6.87. The maximum absolute atomic E-state index is 12.6. The van der Waals surface area contributed by atoms with Crippen molar-refractivity contribution >= 4 is 52.2 Å². The van der Waals surface area contributed by atoms with Crippen LogP contribution in [0.5, 0.6) is 11.5 Å². The lowest BCUT2D eigenvalue weighted by Gasteiger charge is -2.12. The molecule has 0 N–H and O–H groups in total. The molecule has 132 valence electrons. The van der Waals surface area contributed by atoms with Crippen molar-refractivity contribution in [2.24, 2.45) is 0 Å². The molecule has 0 spiro atoms. The van der Waals surface area contributed by atoms with Gasteiger partial charge in [0, 0.05) is 0 Å². The number of halogens is 2. The van der Waals surface area contributed by atoms with Crippen molar-refractivity contribution in [3.63, 3.8) is 0 Å². The van der Waals surface area contributed by atoms with Crippen molar-refractivity contribution < 1.29 is 19.1 Å². The van der Waals surface area contributed by atoms with E-state index in [1.165, 1.54) is 4.90 Å². The van der Waals surface area contributed by atoms with E-state index in [2.05, 4.69) is 0 Å². The Morgan fingerprint density at radius 3 is 2.65 bits per heavy atom.